The van der Waals surface area contributed by atoms with Crippen molar-refractivity contribution in [3.8, 4) is 11.1 Å². The Bertz CT molecular complexity index is 1230. The number of hydrogen-bond acceptors (Lipinski definition) is 0. The van der Waals surface area contributed by atoms with Crippen molar-refractivity contribution in [1.29, 1.82) is 0 Å². The van der Waals surface area contributed by atoms with Gasteiger partial charge in [0, 0.05) is 31.8 Å². The molecular formula is C28H26Cl2HfP-3. The molecule has 4 heteroatoms. The van der Waals surface area contributed by atoms with E-state index in [1.807, 2.05) is 0 Å². The minimum absolute atomic E-state index is 0. The predicted molar refractivity (Wildman–Crippen MR) is 129 cm³/mol. The molecule has 0 aliphatic heterocycles. The Hall–Kier alpha value is -1.11. The fourth-order valence-electron chi connectivity index (χ4n) is 4.59. The molecule has 0 radical (unpaired) electrons. The van der Waals surface area contributed by atoms with Crippen LogP contribution in [0, 0.1) is 6.92 Å². The first-order chi connectivity index (χ1) is 14.2. The second-order valence-corrected chi connectivity index (χ2v) is 9.43. The summed E-state index contributed by atoms with van der Waals surface area (Å²) in [6.07, 6.45) is 5.05. The molecule has 32 heavy (non-hydrogen) atoms. The fraction of sp³-hybridized carbons (Fsp3) is 0.179. The van der Waals surface area contributed by atoms with Gasteiger partial charge < -0.3 is 24.8 Å². The molecule has 0 amide bonds. The molecule has 2 unspecified atom stereocenters. The van der Waals surface area contributed by atoms with Crippen molar-refractivity contribution < 1.29 is 50.7 Å². The molecule has 0 heterocycles. The maximum absolute atomic E-state index is 2.52. The number of aryl methyl sites for hydroxylation is 1. The van der Waals surface area contributed by atoms with Gasteiger partial charge in [0.1, 0.15) is 0 Å². The average Bonchev–Trinajstić information content (AvgIpc) is 3.32. The second kappa shape index (κ2) is 11.8. The monoisotopic (exact) mass is 643 g/mol. The van der Waals surface area contributed by atoms with E-state index in [-0.39, 0.29) is 50.7 Å². The molecule has 164 valence electrons. The zero-order chi connectivity index (χ0) is 19.8. The molecule has 4 aromatic carbocycles. The maximum atomic E-state index is 2.52. The molecule has 0 spiro atoms. The first-order valence-electron chi connectivity index (χ1n) is 10.6. The molecule has 1 aliphatic carbocycles. The van der Waals surface area contributed by atoms with Crippen LogP contribution in [-0.2, 0) is 25.8 Å². The number of allylic oxidation sites excluding steroid dienone is 1. The van der Waals surface area contributed by atoms with Crippen molar-refractivity contribution in [3.63, 3.8) is 0 Å². The Morgan fingerprint density at radius 1 is 0.875 bits per heavy atom. The molecule has 4 aromatic rings. The Morgan fingerprint density at radius 3 is 2.44 bits per heavy atom. The molecule has 0 N–H and O–H groups in total. The Balaban J connectivity index is 0.00000121. The minimum Gasteiger partial charge on any atom is -1.00 e. The van der Waals surface area contributed by atoms with Crippen LogP contribution in [0.1, 0.15) is 41.5 Å². The summed E-state index contributed by atoms with van der Waals surface area (Å²) in [4.78, 5) is 0. The summed E-state index contributed by atoms with van der Waals surface area (Å²) in [7, 11) is 0.905. The van der Waals surface area contributed by atoms with E-state index in [1.165, 1.54) is 56.7 Å². The van der Waals surface area contributed by atoms with Gasteiger partial charge in [-0.2, -0.15) is 6.07 Å². The molecule has 2 atom stereocenters. The van der Waals surface area contributed by atoms with Crippen LogP contribution < -0.4 is 24.8 Å². The van der Waals surface area contributed by atoms with Crippen molar-refractivity contribution in [2.45, 2.75) is 26.2 Å². The summed E-state index contributed by atoms with van der Waals surface area (Å²) in [6, 6.07) is 29.4. The molecule has 0 bridgehead atoms. The first-order valence-corrected chi connectivity index (χ1v) is 11.8. The molecule has 0 saturated heterocycles. The molecule has 0 saturated carbocycles. The zero-order valence-corrected chi connectivity index (χ0v) is 24.4. The van der Waals surface area contributed by atoms with E-state index < -0.39 is 0 Å². The van der Waals surface area contributed by atoms with Crippen molar-refractivity contribution in [2.24, 2.45) is 0 Å². The van der Waals surface area contributed by atoms with E-state index in [4.69, 9.17) is 0 Å². The standard InChI is InChI=1S/C28H26P.2ClH.Hf/c1-3-14-29-28-18-27(24-11-4-5-12-25(24)28)22-9-6-8-21(17-22)23-13-7-10-20-15-19(2)16-26(20)23;;;/h4-13,15-18,27,29H,3,14H2,1-2H3;2*1H;/q-1;;;/p-2. The molecule has 5 rings (SSSR count). The molecular weight excluding hydrogens is 617 g/mol. The quantitative estimate of drug-likeness (QED) is 0.178. The van der Waals surface area contributed by atoms with Gasteiger partial charge in [-0.3, -0.25) is 0 Å². The topological polar surface area (TPSA) is 0 Å². The van der Waals surface area contributed by atoms with E-state index in [2.05, 4.69) is 98.8 Å². The maximum Gasteiger partial charge on any atom is 0.0285 e. The van der Waals surface area contributed by atoms with E-state index >= 15 is 0 Å². The zero-order valence-electron chi connectivity index (χ0n) is 18.3. The van der Waals surface area contributed by atoms with Crippen LogP contribution in [0.15, 0.2) is 84.9 Å². The van der Waals surface area contributed by atoms with Gasteiger partial charge in [0.25, 0.3) is 0 Å². The van der Waals surface area contributed by atoms with Gasteiger partial charge in [-0.25, -0.2) is 0 Å². The number of halogens is 2. The van der Waals surface area contributed by atoms with Gasteiger partial charge in [-0.15, -0.1) is 34.5 Å². The van der Waals surface area contributed by atoms with E-state index in [0.29, 0.717) is 5.92 Å². The third-order valence-electron chi connectivity index (χ3n) is 5.94. The van der Waals surface area contributed by atoms with Gasteiger partial charge in [-0.1, -0.05) is 95.1 Å². The van der Waals surface area contributed by atoms with E-state index in [9.17, 15) is 0 Å². The Kier molecular flexibility index (Phi) is 10.0. The first kappa shape index (κ1) is 27.1. The van der Waals surface area contributed by atoms with Gasteiger partial charge in [0.05, 0.1) is 0 Å². The van der Waals surface area contributed by atoms with Crippen LogP contribution in [0.25, 0.3) is 27.2 Å². The van der Waals surface area contributed by atoms with Crippen molar-refractivity contribution in [2.75, 3.05) is 6.16 Å². The minimum atomic E-state index is 0. The SMILES string of the molecule is CCCPC1=CC(c2cccc(-c3cccc4[cH-]c(C)cc34)c2)c2ccccc21.[Cl-].[Cl-].[Hf]. The van der Waals surface area contributed by atoms with Crippen LogP contribution in [0.3, 0.4) is 0 Å². The summed E-state index contributed by atoms with van der Waals surface area (Å²) in [5.41, 5.74) is 8.30. The summed E-state index contributed by atoms with van der Waals surface area (Å²) in [5.74, 6) is 0.367. The van der Waals surface area contributed by atoms with Crippen LogP contribution in [0.4, 0.5) is 0 Å². The largest absolute Gasteiger partial charge is 1.00 e. The van der Waals surface area contributed by atoms with E-state index in [0.717, 1.165) is 8.58 Å². The van der Waals surface area contributed by atoms with Crippen LogP contribution in [0.2, 0.25) is 0 Å². The fourth-order valence-corrected chi connectivity index (χ4v) is 5.81. The average molecular weight is 643 g/mol. The van der Waals surface area contributed by atoms with Gasteiger partial charge in [0.2, 0.25) is 0 Å². The second-order valence-electron chi connectivity index (χ2n) is 8.04. The molecule has 0 aromatic heterocycles. The smallest absolute Gasteiger partial charge is 0.0285 e. The number of rotatable bonds is 5. The van der Waals surface area contributed by atoms with E-state index in [1.54, 1.807) is 5.31 Å². The molecule has 0 nitrogen and oxygen atoms in total. The molecule has 0 fully saturated rings. The number of hydrogen-bond donors (Lipinski definition) is 0. The summed E-state index contributed by atoms with van der Waals surface area (Å²) < 4.78 is 0. The van der Waals surface area contributed by atoms with Crippen LogP contribution in [0.5, 0.6) is 0 Å². The van der Waals surface area contributed by atoms with Crippen molar-refractivity contribution in [1.82, 2.24) is 0 Å². The van der Waals surface area contributed by atoms with Crippen molar-refractivity contribution >= 4 is 24.7 Å². The van der Waals surface area contributed by atoms with Gasteiger partial charge >= 0.3 is 0 Å². The predicted octanol–water partition coefficient (Wildman–Crippen LogP) is 2.11. The third-order valence-corrected chi connectivity index (χ3v) is 7.50. The van der Waals surface area contributed by atoms with Crippen molar-refractivity contribution in [3.05, 3.63) is 107 Å². The van der Waals surface area contributed by atoms with Gasteiger partial charge in [-0.05, 0) is 33.7 Å². The van der Waals surface area contributed by atoms with Crippen LogP contribution in [-0.4, -0.2) is 6.16 Å². The van der Waals surface area contributed by atoms with Gasteiger partial charge in [0.15, 0.2) is 0 Å². The number of benzene rings is 3. The Labute approximate surface area is 224 Å². The van der Waals surface area contributed by atoms with Crippen LogP contribution >= 0.6 is 8.58 Å². The number of fused-ring (bicyclic) bond motifs is 2. The molecule has 1 aliphatic rings. The summed E-state index contributed by atoms with van der Waals surface area (Å²) >= 11 is 0. The summed E-state index contributed by atoms with van der Waals surface area (Å²) in [6.45, 7) is 4.46. The Morgan fingerprint density at radius 2 is 1.62 bits per heavy atom. The normalized spacial score (nSPS) is 14.4. The summed E-state index contributed by atoms with van der Waals surface area (Å²) in [5, 5.41) is 4.24. The third kappa shape index (κ3) is 5.18.